The zero-order chi connectivity index (χ0) is 17.6. The number of nitrogens with one attached hydrogen (secondary N) is 1. The molecular formula is C19H15BrN2O3. The number of nitrogens with zero attached hydrogens (tertiary/aromatic N) is 1. The summed E-state index contributed by atoms with van der Waals surface area (Å²) in [4.78, 5) is 25.8. The summed E-state index contributed by atoms with van der Waals surface area (Å²) in [5, 5.41) is 12.5. The SMILES string of the molecule is O=C(O)CC1=C2CN(C1=O)C(c1ccccc1)c1cc(Br)ccc1N2. The minimum Gasteiger partial charge on any atom is -0.481 e. The molecule has 1 unspecified atom stereocenters. The average molecular weight is 399 g/mol. The highest BCUT2D eigenvalue weighted by Crippen LogP contribution is 2.42. The average Bonchev–Trinajstić information content (AvgIpc) is 2.79. The highest BCUT2D eigenvalue weighted by molar-refractivity contribution is 9.10. The standard InChI is InChI=1S/C19H15BrN2O3/c20-12-6-7-15-13(8-12)18(11-4-2-1-3-5-11)22-10-16(21-15)14(19(22)25)9-17(23)24/h1-8,18,21H,9-10H2,(H,23,24). The number of anilines is 1. The summed E-state index contributed by atoms with van der Waals surface area (Å²) in [5.41, 5.74) is 3.88. The largest absolute Gasteiger partial charge is 0.481 e. The van der Waals surface area contributed by atoms with Gasteiger partial charge in [0.05, 0.1) is 19.0 Å². The number of hydrogen-bond donors (Lipinski definition) is 2. The van der Waals surface area contributed by atoms with Crippen molar-refractivity contribution in [1.29, 1.82) is 0 Å². The summed E-state index contributed by atoms with van der Waals surface area (Å²) < 4.78 is 0.931. The minimum atomic E-state index is -1.00. The molecule has 2 aliphatic heterocycles. The molecule has 0 spiro atoms. The van der Waals surface area contributed by atoms with Crippen LogP contribution in [-0.2, 0) is 9.59 Å². The van der Waals surface area contributed by atoms with Gasteiger partial charge in [-0.1, -0.05) is 46.3 Å². The van der Waals surface area contributed by atoms with Gasteiger partial charge in [0.15, 0.2) is 0 Å². The Morgan fingerprint density at radius 1 is 1.24 bits per heavy atom. The van der Waals surface area contributed by atoms with Crippen LogP contribution in [-0.4, -0.2) is 28.4 Å². The molecule has 0 saturated carbocycles. The Bertz CT molecular complexity index is 908. The van der Waals surface area contributed by atoms with Crippen molar-refractivity contribution in [3.8, 4) is 0 Å². The van der Waals surface area contributed by atoms with E-state index in [1.165, 1.54) is 0 Å². The van der Waals surface area contributed by atoms with Crippen LogP contribution in [0.4, 0.5) is 5.69 Å². The Morgan fingerprint density at radius 3 is 2.72 bits per heavy atom. The van der Waals surface area contributed by atoms with Gasteiger partial charge in [0.25, 0.3) is 5.91 Å². The van der Waals surface area contributed by atoms with Gasteiger partial charge in [0.1, 0.15) is 0 Å². The first-order valence-corrected chi connectivity index (χ1v) is 8.70. The van der Waals surface area contributed by atoms with Gasteiger partial charge < -0.3 is 15.3 Å². The van der Waals surface area contributed by atoms with Crippen LogP contribution in [0, 0.1) is 0 Å². The van der Waals surface area contributed by atoms with Crippen LogP contribution >= 0.6 is 15.9 Å². The number of carbonyl (C=O) groups is 2. The van der Waals surface area contributed by atoms with Crippen LogP contribution in [0.25, 0.3) is 0 Å². The molecule has 2 aliphatic rings. The zero-order valence-corrected chi connectivity index (χ0v) is 14.8. The van der Waals surface area contributed by atoms with Gasteiger partial charge in [0.2, 0.25) is 0 Å². The van der Waals surface area contributed by atoms with Crippen LogP contribution in [0.1, 0.15) is 23.6 Å². The van der Waals surface area contributed by atoms with E-state index in [-0.39, 0.29) is 18.4 Å². The van der Waals surface area contributed by atoms with Crippen molar-refractivity contribution >= 4 is 33.5 Å². The number of fused-ring (bicyclic) bond motifs is 3. The Morgan fingerprint density at radius 2 is 2.00 bits per heavy atom. The molecule has 126 valence electrons. The number of carboxylic acid groups (broad SMARTS) is 1. The lowest BCUT2D eigenvalue weighted by Gasteiger charge is -2.29. The third-order valence-electron chi connectivity index (χ3n) is 4.56. The molecule has 25 heavy (non-hydrogen) atoms. The monoisotopic (exact) mass is 398 g/mol. The topological polar surface area (TPSA) is 69.6 Å². The molecule has 1 atom stereocenters. The first-order chi connectivity index (χ1) is 12.0. The van der Waals surface area contributed by atoms with E-state index in [0.29, 0.717) is 17.8 Å². The summed E-state index contributed by atoms with van der Waals surface area (Å²) in [5.74, 6) is -1.22. The van der Waals surface area contributed by atoms with E-state index in [9.17, 15) is 9.59 Å². The van der Waals surface area contributed by atoms with E-state index in [0.717, 1.165) is 21.3 Å². The molecule has 2 bridgehead atoms. The second-order valence-electron chi connectivity index (χ2n) is 6.13. The van der Waals surface area contributed by atoms with E-state index >= 15 is 0 Å². The van der Waals surface area contributed by atoms with Crippen LogP contribution in [0.5, 0.6) is 0 Å². The maximum atomic E-state index is 12.9. The number of hydrogen-bond acceptors (Lipinski definition) is 3. The molecule has 0 fully saturated rings. The van der Waals surface area contributed by atoms with Crippen molar-refractivity contribution in [1.82, 2.24) is 4.90 Å². The van der Waals surface area contributed by atoms with E-state index < -0.39 is 5.97 Å². The maximum Gasteiger partial charge on any atom is 0.308 e. The fourth-order valence-electron chi connectivity index (χ4n) is 3.50. The van der Waals surface area contributed by atoms with Crippen LogP contribution in [0.3, 0.4) is 0 Å². The van der Waals surface area contributed by atoms with Crippen LogP contribution < -0.4 is 5.32 Å². The number of carbonyl (C=O) groups excluding carboxylic acids is 1. The molecule has 6 heteroatoms. The fraction of sp³-hybridized carbons (Fsp3) is 0.158. The zero-order valence-electron chi connectivity index (χ0n) is 13.2. The summed E-state index contributed by atoms with van der Waals surface area (Å²) in [6.45, 7) is 0.382. The molecule has 0 radical (unpaired) electrons. The normalized spacial score (nSPS) is 18.7. The van der Waals surface area contributed by atoms with Crippen LogP contribution in [0.15, 0.2) is 64.3 Å². The molecule has 0 saturated heterocycles. The van der Waals surface area contributed by atoms with Gasteiger partial charge in [-0.25, -0.2) is 0 Å². The third kappa shape index (κ3) is 2.72. The van der Waals surface area contributed by atoms with Crippen molar-refractivity contribution in [2.75, 3.05) is 11.9 Å². The quantitative estimate of drug-likeness (QED) is 0.829. The molecule has 2 aromatic rings. The molecule has 2 heterocycles. The predicted octanol–water partition coefficient (Wildman–Crippen LogP) is 3.54. The molecule has 1 amide bonds. The van der Waals surface area contributed by atoms with Gasteiger partial charge in [-0.05, 0) is 23.8 Å². The van der Waals surface area contributed by atoms with Gasteiger partial charge in [0, 0.05) is 27.0 Å². The second-order valence-corrected chi connectivity index (χ2v) is 7.05. The Labute approximate surface area is 153 Å². The summed E-state index contributed by atoms with van der Waals surface area (Å²) in [6.07, 6.45) is -0.273. The summed E-state index contributed by atoms with van der Waals surface area (Å²) >= 11 is 3.51. The number of rotatable bonds is 3. The van der Waals surface area contributed by atoms with Crippen LogP contribution in [0.2, 0.25) is 0 Å². The Hall–Kier alpha value is -2.60. The van der Waals surface area contributed by atoms with E-state index in [1.54, 1.807) is 4.90 Å². The summed E-state index contributed by atoms with van der Waals surface area (Å²) in [7, 11) is 0. The highest BCUT2D eigenvalue weighted by Gasteiger charge is 2.40. The first-order valence-electron chi connectivity index (χ1n) is 7.91. The number of aliphatic carboxylic acids is 1. The molecule has 0 aliphatic carbocycles. The molecular weight excluding hydrogens is 384 g/mol. The Kier molecular flexibility index (Phi) is 3.84. The number of halogens is 1. The smallest absolute Gasteiger partial charge is 0.308 e. The van der Waals surface area contributed by atoms with Crippen molar-refractivity contribution in [3.63, 3.8) is 0 Å². The lowest BCUT2D eigenvalue weighted by Crippen LogP contribution is -2.32. The predicted molar refractivity (Wildman–Crippen MR) is 97.0 cm³/mol. The fourth-order valence-corrected chi connectivity index (χ4v) is 3.87. The highest BCUT2D eigenvalue weighted by atomic mass is 79.9. The summed E-state index contributed by atoms with van der Waals surface area (Å²) in [6, 6.07) is 15.4. The van der Waals surface area contributed by atoms with E-state index in [2.05, 4.69) is 21.2 Å². The third-order valence-corrected chi connectivity index (χ3v) is 5.05. The maximum absolute atomic E-state index is 12.9. The Balaban J connectivity index is 1.90. The van der Waals surface area contributed by atoms with Crippen molar-refractivity contribution in [2.45, 2.75) is 12.5 Å². The second kappa shape index (κ2) is 6.04. The van der Waals surface area contributed by atoms with Crippen molar-refractivity contribution < 1.29 is 14.7 Å². The van der Waals surface area contributed by atoms with Crippen molar-refractivity contribution in [2.24, 2.45) is 0 Å². The molecule has 2 N–H and O–H groups in total. The van der Waals surface area contributed by atoms with Gasteiger partial charge in [-0.15, -0.1) is 0 Å². The number of benzene rings is 2. The van der Waals surface area contributed by atoms with Crippen molar-refractivity contribution in [3.05, 3.63) is 75.4 Å². The number of amides is 1. The molecule has 0 aromatic heterocycles. The lowest BCUT2D eigenvalue weighted by atomic mass is 9.95. The lowest BCUT2D eigenvalue weighted by molar-refractivity contribution is -0.137. The van der Waals surface area contributed by atoms with Gasteiger partial charge in [-0.2, -0.15) is 0 Å². The molecule has 5 nitrogen and oxygen atoms in total. The van der Waals surface area contributed by atoms with Gasteiger partial charge >= 0.3 is 5.97 Å². The first kappa shape index (κ1) is 15.9. The van der Waals surface area contributed by atoms with Gasteiger partial charge in [-0.3, -0.25) is 9.59 Å². The number of carboxylic acids is 1. The molecule has 4 rings (SSSR count). The molecule has 2 aromatic carbocycles. The minimum absolute atomic E-state index is 0.218. The van der Waals surface area contributed by atoms with E-state index in [4.69, 9.17) is 5.11 Å². The van der Waals surface area contributed by atoms with E-state index in [1.807, 2.05) is 48.5 Å².